The van der Waals surface area contributed by atoms with E-state index in [1.54, 1.807) is 6.07 Å². The summed E-state index contributed by atoms with van der Waals surface area (Å²) in [7, 11) is 1.38. The van der Waals surface area contributed by atoms with Gasteiger partial charge in [-0.2, -0.15) is 0 Å². The lowest BCUT2D eigenvalue weighted by molar-refractivity contribution is -0.140. The van der Waals surface area contributed by atoms with E-state index in [-0.39, 0.29) is 11.9 Å². The molecule has 0 fully saturated rings. The molecule has 0 spiro atoms. The topological polar surface area (TPSA) is 55.4 Å². The van der Waals surface area contributed by atoms with Crippen molar-refractivity contribution in [2.24, 2.45) is 0 Å². The number of hydrogen-bond acceptors (Lipinski definition) is 3. The van der Waals surface area contributed by atoms with Gasteiger partial charge in [0.25, 0.3) is 5.91 Å². The van der Waals surface area contributed by atoms with Crippen molar-refractivity contribution in [3.8, 4) is 0 Å². The Hall–Kier alpha value is -1.11. The van der Waals surface area contributed by atoms with Crippen molar-refractivity contribution in [1.29, 1.82) is 0 Å². The zero-order valence-electron chi connectivity index (χ0n) is 10.2. The lowest BCUT2D eigenvalue weighted by atomic mass is 10.2. The van der Waals surface area contributed by atoms with Crippen LogP contribution < -0.4 is 5.32 Å². The molecule has 0 bridgehead atoms. The number of hydrogen-bond donors (Lipinski definition) is 1. The van der Waals surface area contributed by atoms with E-state index in [1.807, 2.05) is 18.2 Å². The molecular formula is C13H16INO3. The number of benzene rings is 1. The van der Waals surface area contributed by atoms with E-state index in [0.29, 0.717) is 18.5 Å². The van der Waals surface area contributed by atoms with Gasteiger partial charge in [-0.25, -0.2) is 0 Å². The van der Waals surface area contributed by atoms with Crippen LogP contribution in [0.15, 0.2) is 24.3 Å². The molecule has 1 amide bonds. The van der Waals surface area contributed by atoms with Crippen molar-refractivity contribution in [3.05, 3.63) is 33.4 Å². The van der Waals surface area contributed by atoms with Gasteiger partial charge >= 0.3 is 5.97 Å². The highest BCUT2D eigenvalue weighted by atomic mass is 127. The highest BCUT2D eigenvalue weighted by Gasteiger charge is 2.05. The van der Waals surface area contributed by atoms with E-state index < -0.39 is 0 Å². The van der Waals surface area contributed by atoms with E-state index in [9.17, 15) is 9.59 Å². The highest BCUT2D eigenvalue weighted by molar-refractivity contribution is 14.1. The molecule has 98 valence electrons. The Morgan fingerprint density at radius 1 is 1.33 bits per heavy atom. The summed E-state index contributed by atoms with van der Waals surface area (Å²) in [6.07, 6.45) is 1.89. The summed E-state index contributed by atoms with van der Waals surface area (Å²) in [5, 5.41) is 2.82. The van der Waals surface area contributed by atoms with Gasteiger partial charge in [0.15, 0.2) is 0 Å². The smallest absolute Gasteiger partial charge is 0.305 e. The van der Waals surface area contributed by atoms with Crippen LogP contribution in [0.25, 0.3) is 0 Å². The van der Waals surface area contributed by atoms with E-state index in [0.717, 1.165) is 16.4 Å². The van der Waals surface area contributed by atoms with Crippen molar-refractivity contribution in [1.82, 2.24) is 5.32 Å². The van der Waals surface area contributed by atoms with Gasteiger partial charge < -0.3 is 10.1 Å². The second-order valence-electron chi connectivity index (χ2n) is 3.80. The van der Waals surface area contributed by atoms with Crippen molar-refractivity contribution in [2.75, 3.05) is 13.7 Å². The lowest BCUT2D eigenvalue weighted by Gasteiger charge is -2.05. The van der Waals surface area contributed by atoms with Gasteiger partial charge in [-0.1, -0.05) is 6.07 Å². The van der Waals surface area contributed by atoms with Gasteiger partial charge in [0.05, 0.1) is 7.11 Å². The summed E-state index contributed by atoms with van der Waals surface area (Å²) >= 11 is 2.17. The Kier molecular flexibility index (Phi) is 6.70. The molecule has 0 aromatic heterocycles. The fourth-order valence-corrected chi connectivity index (χ4v) is 1.97. The maximum atomic E-state index is 11.7. The molecule has 1 rings (SSSR count). The van der Waals surface area contributed by atoms with Crippen LogP contribution in [0.3, 0.4) is 0 Å². The van der Waals surface area contributed by atoms with Crippen LogP contribution in [0.4, 0.5) is 0 Å². The van der Waals surface area contributed by atoms with Crippen LogP contribution in [0.1, 0.15) is 29.6 Å². The number of ether oxygens (including phenoxy) is 1. The third-order valence-electron chi connectivity index (χ3n) is 2.41. The number of esters is 1. The third-order valence-corrected chi connectivity index (χ3v) is 3.08. The maximum absolute atomic E-state index is 11.7. The molecule has 1 aromatic rings. The Bertz CT molecular complexity index is 420. The zero-order valence-corrected chi connectivity index (χ0v) is 12.4. The van der Waals surface area contributed by atoms with Crippen LogP contribution in [0.2, 0.25) is 0 Å². The number of unbranched alkanes of at least 4 members (excludes halogenated alkanes) is 1. The molecule has 18 heavy (non-hydrogen) atoms. The standard InChI is InChI=1S/C13H16INO3/c1-18-12(16)7-2-3-8-15-13(17)10-5-4-6-11(14)9-10/h4-6,9H,2-3,7-8H2,1H3,(H,15,17). The molecule has 5 heteroatoms. The number of amides is 1. The van der Waals surface area contributed by atoms with Crippen LogP contribution in [-0.2, 0) is 9.53 Å². The minimum atomic E-state index is -0.209. The van der Waals surface area contributed by atoms with Gasteiger partial charge in [0, 0.05) is 22.1 Å². The Morgan fingerprint density at radius 2 is 2.11 bits per heavy atom. The average molecular weight is 361 g/mol. The molecule has 1 N–H and O–H groups in total. The molecule has 0 radical (unpaired) electrons. The first-order valence-electron chi connectivity index (χ1n) is 5.74. The van der Waals surface area contributed by atoms with Gasteiger partial charge in [-0.15, -0.1) is 0 Å². The molecule has 0 atom stereocenters. The summed E-state index contributed by atoms with van der Waals surface area (Å²) in [6, 6.07) is 7.41. The van der Waals surface area contributed by atoms with Crippen molar-refractivity contribution in [2.45, 2.75) is 19.3 Å². The summed E-state index contributed by atoms with van der Waals surface area (Å²) in [6.45, 7) is 0.571. The molecule has 0 saturated carbocycles. The molecular weight excluding hydrogens is 345 g/mol. The largest absolute Gasteiger partial charge is 0.469 e. The zero-order chi connectivity index (χ0) is 13.4. The summed E-state index contributed by atoms with van der Waals surface area (Å²) in [4.78, 5) is 22.6. The molecule has 0 unspecified atom stereocenters. The quantitative estimate of drug-likeness (QED) is 0.481. The van der Waals surface area contributed by atoms with Gasteiger partial charge in [-0.05, 0) is 53.6 Å². The number of halogens is 1. The van der Waals surface area contributed by atoms with Crippen LogP contribution in [0, 0.1) is 3.57 Å². The predicted octanol–water partition coefficient (Wildman–Crippen LogP) is 2.36. The maximum Gasteiger partial charge on any atom is 0.305 e. The normalized spacial score (nSPS) is 9.89. The van der Waals surface area contributed by atoms with E-state index >= 15 is 0 Å². The predicted molar refractivity (Wildman–Crippen MR) is 77.4 cm³/mol. The minimum Gasteiger partial charge on any atom is -0.469 e. The number of methoxy groups -OCH3 is 1. The second-order valence-corrected chi connectivity index (χ2v) is 5.05. The Labute approximate surface area is 120 Å². The first-order valence-corrected chi connectivity index (χ1v) is 6.82. The number of rotatable bonds is 6. The number of carbonyl (C=O) groups is 2. The van der Waals surface area contributed by atoms with Gasteiger partial charge in [0.2, 0.25) is 0 Å². The number of carbonyl (C=O) groups excluding carboxylic acids is 2. The first-order chi connectivity index (χ1) is 8.63. The number of nitrogens with one attached hydrogen (secondary N) is 1. The van der Waals surface area contributed by atoms with Crippen LogP contribution >= 0.6 is 22.6 Å². The van der Waals surface area contributed by atoms with Gasteiger partial charge in [0.1, 0.15) is 0 Å². The molecule has 0 aliphatic rings. The van der Waals surface area contributed by atoms with Crippen molar-refractivity contribution in [3.63, 3.8) is 0 Å². The molecule has 0 heterocycles. The molecule has 1 aromatic carbocycles. The molecule has 0 saturated heterocycles. The summed E-state index contributed by atoms with van der Waals surface area (Å²) < 4.78 is 5.57. The monoisotopic (exact) mass is 361 g/mol. The average Bonchev–Trinajstić information content (AvgIpc) is 2.37. The Morgan fingerprint density at radius 3 is 2.78 bits per heavy atom. The molecule has 0 aliphatic carbocycles. The van der Waals surface area contributed by atoms with Crippen molar-refractivity contribution < 1.29 is 14.3 Å². The van der Waals surface area contributed by atoms with Crippen LogP contribution in [0.5, 0.6) is 0 Å². The van der Waals surface area contributed by atoms with Crippen LogP contribution in [-0.4, -0.2) is 25.5 Å². The van der Waals surface area contributed by atoms with Gasteiger partial charge in [-0.3, -0.25) is 9.59 Å². The van der Waals surface area contributed by atoms with E-state index in [1.165, 1.54) is 7.11 Å². The Balaban J connectivity index is 2.23. The second kappa shape index (κ2) is 8.07. The summed E-state index contributed by atoms with van der Waals surface area (Å²) in [5.74, 6) is -0.287. The molecule has 4 nitrogen and oxygen atoms in total. The van der Waals surface area contributed by atoms with Crippen molar-refractivity contribution >= 4 is 34.5 Å². The molecule has 0 aliphatic heterocycles. The fraction of sp³-hybridized carbons (Fsp3) is 0.385. The first kappa shape index (κ1) is 14.9. The third kappa shape index (κ3) is 5.48. The van der Waals surface area contributed by atoms with E-state index in [4.69, 9.17) is 0 Å². The van der Waals surface area contributed by atoms with E-state index in [2.05, 4.69) is 32.6 Å². The lowest BCUT2D eigenvalue weighted by Crippen LogP contribution is -2.24. The summed E-state index contributed by atoms with van der Waals surface area (Å²) in [5.41, 5.74) is 0.662. The fourth-order valence-electron chi connectivity index (χ4n) is 1.43. The SMILES string of the molecule is COC(=O)CCCCNC(=O)c1cccc(I)c1. The minimum absolute atomic E-state index is 0.0772. The highest BCUT2D eigenvalue weighted by Crippen LogP contribution is 2.07.